The number of hydrogen-bond donors (Lipinski definition) is 2. The van der Waals surface area contributed by atoms with Gasteiger partial charge in [0.25, 0.3) is 11.6 Å². The van der Waals surface area contributed by atoms with E-state index in [1.54, 1.807) is 12.1 Å². The molecule has 0 saturated carbocycles. The van der Waals surface area contributed by atoms with E-state index < -0.39 is 4.92 Å². The van der Waals surface area contributed by atoms with Gasteiger partial charge >= 0.3 is 0 Å². The fourth-order valence-electron chi connectivity index (χ4n) is 2.16. The SMILES string of the molecule is CCNc1ccc(C(=O)NC(CC)C(C)C)cc1[N+](=O)[O-]. The van der Waals surface area contributed by atoms with E-state index in [2.05, 4.69) is 10.6 Å². The molecule has 0 aliphatic heterocycles. The van der Waals surface area contributed by atoms with Crippen LogP contribution in [0, 0.1) is 16.0 Å². The van der Waals surface area contributed by atoms with Crippen LogP contribution in [-0.2, 0) is 0 Å². The van der Waals surface area contributed by atoms with Crippen LogP contribution in [0.25, 0.3) is 0 Å². The average Bonchev–Trinajstić information content (AvgIpc) is 2.44. The van der Waals surface area contributed by atoms with Crippen LogP contribution in [0.1, 0.15) is 44.5 Å². The molecule has 0 fully saturated rings. The first-order chi connectivity index (χ1) is 9.90. The van der Waals surface area contributed by atoms with Crippen LogP contribution in [0.4, 0.5) is 11.4 Å². The van der Waals surface area contributed by atoms with Crippen molar-refractivity contribution in [3.05, 3.63) is 33.9 Å². The van der Waals surface area contributed by atoms with E-state index in [-0.39, 0.29) is 17.6 Å². The summed E-state index contributed by atoms with van der Waals surface area (Å²) in [7, 11) is 0. The van der Waals surface area contributed by atoms with Crippen molar-refractivity contribution in [1.29, 1.82) is 0 Å². The molecule has 0 aromatic heterocycles. The Morgan fingerprint density at radius 1 is 1.33 bits per heavy atom. The number of carbonyl (C=O) groups excluding carboxylic acids is 1. The van der Waals surface area contributed by atoms with Crippen LogP contribution in [-0.4, -0.2) is 23.4 Å². The van der Waals surface area contributed by atoms with E-state index in [0.29, 0.717) is 23.7 Å². The second-order valence-electron chi connectivity index (χ2n) is 5.25. The Balaban J connectivity index is 3.00. The van der Waals surface area contributed by atoms with Crippen molar-refractivity contribution in [2.24, 2.45) is 5.92 Å². The average molecular weight is 293 g/mol. The summed E-state index contributed by atoms with van der Waals surface area (Å²) in [6, 6.07) is 4.56. The number of amides is 1. The van der Waals surface area contributed by atoms with Gasteiger partial charge < -0.3 is 10.6 Å². The van der Waals surface area contributed by atoms with E-state index in [4.69, 9.17) is 0 Å². The summed E-state index contributed by atoms with van der Waals surface area (Å²) in [5.41, 5.74) is 0.652. The fraction of sp³-hybridized carbons (Fsp3) is 0.533. The Bertz CT molecular complexity index is 515. The van der Waals surface area contributed by atoms with Crippen LogP contribution in [0.5, 0.6) is 0 Å². The number of carbonyl (C=O) groups is 1. The Hall–Kier alpha value is -2.11. The maximum absolute atomic E-state index is 12.2. The van der Waals surface area contributed by atoms with Gasteiger partial charge in [0.15, 0.2) is 0 Å². The zero-order valence-corrected chi connectivity index (χ0v) is 13.0. The van der Waals surface area contributed by atoms with Gasteiger partial charge in [0.2, 0.25) is 0 Å². The third-order valence-electron chi connectivity index (χ3n) is 3.38. The number of nitrogens with one attached hydrogen (secondary N) is 2. The third kappa shape index (κ3) is 4.44. The third-order valence-corrected chi connectivity index (χ3v) is 3.38. The molecule has 0 radical (unpaired) electrons. The monoisotopic (exact) mass is 293 g/mol. The minimum atomic E-state index is -0.478. The van der Waals surface area contributed by atoms with E-state index >= 15 is 0 Å². The summed E-state index contributed by atoms with van der Waals surface area (Å²) in [5, 5.41) is 16.9. The number of hydrogen-bond acceptors (Lipinski definition) is 4. The lowest BCUT2D eigenvalue weighted by molar-refractivity contribution is -0.384. The van der Waals surface area contributed by atoms with Gasteiger partial charge in [-0.25, -0.2) is 0 Å². The molecule has 116 valence electrons. The predicted octanol–water partition coefficient (Wildman–Crippen LogP) is 3.19. The highest BCUT2D eigenvalue weighted by Gasteiger charge is 2.19. The maximum atomic E-state index is 12.2. The summed E-state index contributed by atoms with van der Waals surface area (Å²) >= 11 is 0. The first-order valence-electron chi connectivity index (χ1n) is 7.23. The van der Waals surface area contributed by atoms with Gasteiger partial charge in [-0.2, -0.15) is 0 Å². The van der Waals surface area contributed by atoms with Gasteiger partial charge in [-0.15, -0.1) is 0 Å². The molecule has 6 heteroatoms. The fourth-order valence-corrected chi connectivity index (χ4v) is 2.16. The quantitative estimate of drug-likeness (QED) is 0.597. The molecule has 1 unspecified atom stereocenters. The summed E-state index contributed by atoms with van der Waals surface area (Å²) in [6.07, 6.45) is 0.820. The lowest BCUT2D eigenvalue weighted by Gasteiger charge is -2.20. The zero-order valence-electron chi connectivity index (χ0n) is 13.0. The Labute approximate surface area is 125 Å². The predicted molar refractivity (Wildman–Crippen MR) is 83.6 cm³/mol. The van der Waals surface area contributed by atoms with Crippen LogP contribution < -0.4 is 10.6 Å². The zero-order chi connectivity index (χ0) is 16.0. The molecule has 1 rings (SSSR count). The normalized spacial score (nSPS) is 12.0. The van der Waals surface area contributed by atoms with Crippen molar-refractivity contribution in [3.8, 4) is 0 Å². The molecule has 0 heterocycles. The second kappa shape index (κ2) is 7.61. The van der Waals surface area contributed by atoms with E-state index in [1.165, 1.54) is 6.07 Å². The number of nitro benzene ring substituents is 1. The van der Waals surface area contributed by atoms with Crippen molar-refractivity contribution < 1.29 is 9.72 Å². The molecule has 0 saturated heterocycles. The number of nitrogens with zero attached hydrogens (tertiary/aromatic N) is 1. The summed E-state index contributed by atoms with van der Waals surface area (Å²) in [4.78, 5) is 22.8. The molecular weight excluding hydrogens is 270 g/mol. The molecule has 1 amide bonds. The molecular formula is C15H23N3O3. The van der Waals surface area contributed by atoms with Gasteiger partial charge in [0.1, 0.15) is 5.69 Å². The number of rotatable bonds is 7. The molecule has 6 nitrogen and oxygen atoms in total. The molecule has 1 aromatic carbocycles. The lowest BCUT2D eigenvalue weighted by atomic mass is 10.0. The topological polar surface area (TPSA) is 84.3 Å². The highest BCUT2D eigenvalue weighted by atomic mass is 16.6. The highest BCUT2D eigenvalue weighted by Crippen LogP contribution is 2.25. The number of anilines is 1. The summed E-state index contributed by atoms with van der Waals surface area (Å²) in [6.45, 7) is 8.51. The summed E-state index contributed by atoms with van der Waals surface area (Å²) in [5.74, 6) is 0.0386. The van der Waals surface area contributed by atoms with Gasteiger partial charge in [0, 0.05) is 24.2 Å². The van der Waals surface area contributed by atoms with Gasteiger partial charge in [-0.1, -0.05) is 20.8 Å². The second-order valence-corrected chi connectivity index (χ2v) is 5.25. The van der Waals surface area contributed by atoms with Crippen LogP contribution in [0.2, 0.25) is 0 Å². The Kier molecular flexibility index (Phi) is 6.14. The van der Waals surface area contributed by atoms with Crippen LogP contribution in [0.15, 0.2) is 18.2 Å². The smallest absolute Gasteiger partial charge is 0.293 e. The van der Waals surface area contributed by atoms with E-state index in [9.17, 15) is 14.9 Å². The lowest BCUT2D eigenvalue weighted by Crippen LogP contribution is -2.38. The van der Waals surface area contributed by atoms with Gasteiger partial charge in [0.05, 0.1) is 4.92 Å². The molecule has 0 aliphatic rings. The standard InChI is InChI=1S/C15H23N3O3/c1-5-12(10(3)4)17-15(19)11-7-8-13(16-6-2)14(9-11)18(20)21/h7-10,12,16H,5-6H2,1-4H3,(H,17,19). The molecule has 0 bridgehead atoms. The molecule has 2 N–H and O–H groups in total. The summed E-state index contributed by atoms with van der Waals surface area (Å²) < 4.78 is 0. The molecule has 1 aromatic rings. The Morgan fingerprint density at radius 3 is 2.48 bits per heavy atom. The number of nitro groups is 1. The first kappa shape index (κ1) is 16.9. The Morgan fingerprint density at radius 2 is 2.00 bits per heavy atom. The number of benzene rings is 1. The van der Waals surface area contributed by atoms with Gasteiger partial charge in [-0.05, 0) is 31.4 Å². The van der Waals surface area contributed by atoms with Crippen molar-refractivity contribution in [1.82, 2.24) is 5.32 Å². The molecule has 0 spiro atoms. The maximum Gasteiger partial charge on any atom is 0.293 e. The molecule has 0 aliphatic carbocycles. The van der Waals surface area contributed by atoms with Crippen LogP contribution >= 0.6 is 0 Å². The van der Waals surface area contributed by atoms with E-state index in [1.807, 2.05) is 27.7 Å². The van der Waals surface area contributed by atoms with Crippen LogP contribution in [0.3, 0.4) is 0 Å². The van der Waals surface area contributed by atoms with Crippen molar-refractivity contribution in [3.63, 3.8) is 0 Å². The minimum absolute atomic E-state index is 0.0602. The van der Waals surface area contributed by atoms with Crippen molar-refractivity contribution >= 4 is 17.3 Å². The molecule has 21 heavy (non-hydrogen) atoms. The largest absolute Gasteiger partial charge is 0.380 e. The van der Waals surface area contributed by atoms with Crippen molar-refractivity contribution in [2.75, 3.05) is 11.9 Å². The first-order valence-corrected chi connectivity index (χ1v) is 7.23. The highest BCUT2D eigenvalue weighted by molar-refractivity contribution is 5.95. The van der Waals surface area contributed by atoms with E-state index in [0.717, 1.165) is 6.42 Å². The van der Waals surface area contributed by atoms with Gasteiger partial charge in [-0.3, -0.25) is 14.9 Å². The molecule has 1 atom stereocenters. The van der Waals surface area contributed by atoms with Crippen molar-refractivity contribution in [2.45, 2.75) is 40.2 Å². The minimum Gasteiger partial charge on any atom is -0.380 e.